The zero-order valence-electron chi connectivity index (χ0n) is 13.3. The van der Waals surface area contributed by atoms with Crippen molar-refractivity contribution in [2.24, 2.45) is 0 Å². The van der Waals surface area contributed by atoms with Gasteiger partial charge < -0.3 is 0 Å². The fraction of sp³-hybridized carbons (Fsp3) is 0.250. The second kappa shape index (κ2) is 6.07. The average molecular weight is 354 g/mol. The molecule has 0 atom stereocenters. The van der Waals surface area contributed by atoms with Gasteiger partial charge in [-0.25, -0.2) is 0 Å². The Hall–Kier alpha value is -1.70. The molecule has 124 valence electrons. The predicted octanol–water partition coefficient (Wildman–Crippen LogP) is 3.01. The van der Waals surface area contributed by atoms with Crippen LogP contribution in [0, 0.1) is 27.7 Å². The highest BCUT2D eigenvalue weighted by Gasteiger charge is 2.27. The molecule has 23 heavy (non-hydrogen) atoms. The summed E-state index contributed by atoms with van der Waals surface area (Å²) in [6.07, 6.45) is 0. The van der Waals surface area contributed by atoms with Crippen LogP contribution in [0.5, 0.6) is 0 Å². The van der Waals surface area contributed by atoms with Crippen LogP contribution in [-0.2, 0) is 23.9 Å². The molecule has 0 heterocycles. The molecule has 0 radical (unpaired) electrons. The van der Waals surface area contributed by atoms with Crippen LogP contribution in [0.3, 0.4) is 0 Å². The molecule has 0 fully saturated rings. The molecule has 2 rings (SSSR count). The molecule has 0 unspecified atom stereocenters. The molecule has 0 aliphatic rings. The lowest BCUT2D eigenvalue weighted by Crippen LogP contribution is -2.15. The zero-order chi connectivity index (χ0) is 17.4. The Morgan fingerprint density at radius 1 is 0.565 bits per heavy atom. The lowest BCUT2D eigenvalue weighted by atomic mass is 10.2. The first-order valence-electron chi connectivity index (χ1n) is 6.87. The minimum absolute atomic E-state index is 0.178. The summed E-state index contributed by atoms with van der Waals surface area (Å²) in [6, 6.07) is 9.08. The summed E-state index contributed by atoms with van der Waals surface area (Å²) >= 11 is 0. The van der Waals surface area contributed by atoms with Crippen molar-refractivity contribution in [2.75, 3.05) is 0 Å². The Morgan fingerprint density at radius 3 is 1.09 bits per heavy atom. The van der Waals surface area contributed by atoms with Crippen molar-refractivity contribution in [1.29, 1.82) is 0 Å². The summed E-state index contributed by atoms with van der Waals surface area (Å²) < 4.78 is 53.7. The first-order chi connectivity index (χ1) is 10.5. The van der Waals surface area contributed by atoms with Gasteiger partial charge in [-0.1, -0.05) is 12.1 Å². The Bertz CT molecular complexity index is 838. The van der Waals surface area contributed by atoms with Gasteiger partial charge in [0.1, 0.15) is 0 Å². The highest BCUT2D eigenvalue weighted by molar-refractivity contribution is 7.99. The summed E-state index contributed by atoms with van der Waals surface area (Å²) in [5.41, 5.74) is 2.82. The van der Waals surface area contributed by atoms with E-state index in [0.717, 1.165) is 0 Å². The van der Waals surface area contributed by atoms with E-state index < -0.39 is 20.2 Å². The number of benzene rings is 2. The van der Waals surface area contributed by atoms with Crippen molar-refractivity contribution >= 4 is 20.2 Å². The molecular formula is C16H18O5S2. The van der Waals surface area contributed by atoms with Crippen LogP contribution >= 0.6 is 0 Å². The average Bonchev–Trinajstić information content (AvgIpc) is 2.35. The third-order valence-electron chi connectivity index (χ3n) is 3.15. The number of aryl methyl sites for hydroxylation is 4. The SMILES string of the molecule is Cc1cc(C)cc(S(=O)(=O)OS(=O)(=O)c2cc(C)cc(C)c2)c1. The minimum Gasteiger partial charge on any atom is -0.193 e. The molecule has 2 aromatic carbocycles. The van der Waals surface area contributed by atoms with Gasteiger partial charge in [-0.2, -0.15) is 16.8 Å². The van der Waals surface area contributed by atoms with E-state index >= 15 is 0 Å². The first-order valence-corrected chi connectivity index (χ1v) is 9.69. The summed E-state index contributed by atoms with van der Waals surface area (Å²) in [4.78, 5) is -0.356. The summed E-state index contributed by atoms with van der Waals surface area (Å²) in [5, 5.41) is 0. The van der Waals surface area contributed by atoms with E-state index in [1.165, 1.54) is 24.3 Å². The lowest BCUT2D eigenvalue weighted by molar-refractivity contribution is 0.461. The van der Waals surface area contributed by atoms with E-state index in [1.54, 1.807) is 39.8 Å². The second-order valence-electron chi connectivity index (χ2n) is 5.62. The van der Waals surface area contributed by atoms with Gasteiger partial charge in [0.05, 0.1) is 9.79 Å². The summed E-state index contributed by atoms with van der Waals surface area (Å²) in [6.45, 7) is 6.91. The third kappa shape index (κ3) is 4.19. The Balaban J connectivity index is 2.46. The van der Waals surface area contributed by atoms with E-state index in [1.807, 2.05) is 0 Å². The van der Waals surface area contributed by atoms with Crippen molar-refractivity contribution in [3.63, 3.8) is 0 Å². The van der Waals surface area contributed by atoms with Crippen LogP contribution in [-0.4, -0.2) is 16.8 Å². The van der Waals surface area contributed by atoms with Gasteiger partial charge in [-0.05, 0) is 74.2 Å². The zero-order valence-corrected chi connectivity index (χ0v) is 15.0. The largest absolute Gasteiger partial charge is 0.311 e. The van der Waals surface area contributed by atoms with Crippen molar-refractivity contribution in [3.05, 3.63) is 58.7 Å². The maximum absolute atomic E-state index is 12.3. The third-order valence-corrected chi connectivity index (χ3v) is 6.21. The van der Waals surface area contributed by atoms with Crippen LogP contribution in [0.4, 0.5) is 0 Å². The highest BCUT2D eigenvalue weighted by atomic mass is 32.3. The fourth-order valence-corrected chi connectivity index (χ4v) is 5.24. The summed E-state index contributed by atoms with van der Waals surface area (Å²) in [5.74, 6) is 0. The van der Waals surface area contributed by atoms with Crippen molar-refractivity contribution in [2.45, 2.75) is 37.5 Å². The van der Waals surface area contributed by atoms with Gasteiger partial charge in [0.25, 0.3) is 0 Å². The quantitative estimate of drug-likeness (QED) is 0.843. The molecular weight excluding hydrogens is 336 g/mol. The van der Waals surface area contributed by atoms with Gasteiger partial charge >= 0.3 is 20.2 Å². The summed E-state index contributed by atoms with van der Waals surface area (Å²) in [7, 11) is -8.85. The molecule has 0 bridgehead atoms. The van der Waals surface area contributed by atoms with Gasteiger partial charge in [0.2, 0.25) is 0 Å². The highest BCUT2D eigenvalue weighted by Crippen LogP contribution is 2.23. The molecule has 7 heteroatoms. The van der Waals surface area contributed by atoms with E-state index in [2.05, 4.69) is 3.63 Å². The monoisotopic (exact) mass is 354 g/mol. The predicted molar refractivity (Wildman–Crippen MR) is 87.3 cm³/mol. The van der Waals surface area contributed by atoms with E-state index in [0.29, 0.717) is 22.3 Å². The Labute approximate surface area is 137 Å². The van der Waals surface area contributed by atoms with Crippen LogP contribution in [0.2, 0.25) is 0 Å². The van der Waals surface area contributed by atoms with Crippen LogP contribution in [0.25, 0.3) is 0 Å². The normalized spacial score (nSPS) is 12.3. The molecule has 0 N–H and O–H groups in total. The Kier molecular flexibility index (Phi) is 4.66. The van der Waals surface area contributed by atoms with Gasteiger partial charge in [-0.3, -0.25) is 0 Å². The fourth-order valence-electron chi connectivity index (χ4n) is 2.35. The van der Waals surface area contributed by atoms with E-state index in [4.69, 9.17) is 0 Å². The molecule has 0 amide bonds. The molecule has 0 aliphatic carbocycles. The standard InChI is InChI=1S/C16H18O5S2/c1-11-5-12(2)8-15(7-11)22(17,18)21-23(19,20)16-9-13(3)6-14(4)10-16/h5-10H,1-4H3. The molecule has 2 aromatic rings. The molecule has 0 saturated heterocycles. The lowest BCUT2D eigenvalue weighted by Gasteiger charge is -2.09. The molecule has 5 nitrogen and oxygen atoms in total. The molecule has 0 spiro atoms. The topological polar surface area (TPSA) is 77.5 Å². The Morgan fingerprint density at radius 2 is 0.826 bits per heavy atom. The first kappa shape index (κ1) is 17.7. The second-order valence-corrected chi connectivity index (χ2v) is 8.93. The van der Waals surface area contributed by atoms with Crippen molar-refractivity contribution < 1.29 is 20.5 Å². The molecule has 0 saturated carbocycles. The molecule has 0 aliphatic heterocycles. The molecule has 0 aromatic heterocycles. The van der Waals surface area contributed by atoms with E-state index in [-0.39, 0.29) is 9.79 Å². The number of hydrogen-bond donors (Lipinski definition) is 0. The number of hydrogen-bond acceptors (Lipinski definition) is 5. The smallest absolute Gasteiger partial charge is 0.193 e. The van der Waals surface area contributed by atoms with Gasteiger partial charge in [0.15, 0.2) is 0 Å². The number of rotatable bonds is 4. The van der Waals surface area contributed by atoms with Crippen molar-refractivity contribution in [3.8, 4) is 0 Å². The maximum atomic E-state index is 12.3. The van der Waals surface area contributed by atoms with Gasteiger partial charge in [0, 0.05) is 0 Å². The van der Waals surface area contributed by atoms with Crippen LogP contribution in [0.15, 0.2) is 46.2 Å². The minimum atomic E-state index is -4.42. The van der Waals surface area contributed by atoms with Crippen LogP contribution in [0.1, 0.15) is 22.3 Å². The van der Waals surface area contributed by atoms with Crippen molar-refractivity contribution in [1.82, 2.24) is 0 Å². The van der Waals surface area contributed by atoms with Gasteiger partial charge in [-0.15, -0.1) is 3.63 Å². The van der Waals surface area contributed by atoms with E-state index in [9.17, 15) is 16.8 Å². The van der Waals surface area contributed by atoms with Crippen LogP contribution < -0.4 is 0 Å². The maximum Gasteiger partial charge on any atom is 0.311 e.